The van der Waals surface area contributed by atoms with E-state index in [2.05, 4.69) is 25.9 Å². The minimum absolute atomic E-state index is 0.313. The molecule has 0 atom stereocenters. The molecule has 2 rings (SSSR count). The van der Waals surface area contributed by atoms with Gasteiger partial charge in [-0.25, -0.2) is 14.4 Å². The first-order valence-corrected chi connectivity index (χ1v) is 5.47. The fourth-order valence-electron chi connectivity index (χ4n) is 1.31. The van der Waals surface area contributed by atoms with Crippen molar-refractivity contribution in [3.63, 3.8) is 0 Å². The Balaban J connectivity index is 2.49. The number of aromatic nitrogens is 2. The van der Waals surface area contributed by atoms with Crippen LogP contribution in [0.1, 0.15) is 5.69 Å². The molecule has 0 amide bonds. The van der Waals surface area contributed by atoms with Gasteiger partial charge in [-0.15, -0.1) is 0 Å². The minimum atomic E-state index is -0.358. The summed E-state index contributed by atoms with van der Waals surface area (Å²) in [5.74, 6) is -0.00324. The molecule has 0 aliphatic carbocycles. The van der Waals surface area contributed by atoms with Crippen molar-refractivity contribution in [2.75, 3.05) is 0 Å². The molecule has 1 aromatic heterocycles. The highest BCUT2D eigenvalue weighted by molar-refractivity contribution is 9.10. The Morgan fingerprint density at radius 3 is 2.81 bits per heavy atom. The molecule has 82 valence electrons. The van der Waals surface area contributed by atoms with Crippen molar-refractivity contribution in [2.45, 2.75) is 6.54 Å². The highest BCUT2D eigenvalue weighted by Gasteiger charge is 2.08. The van der Waals surface area contributed by atoms with Gasteiger partial charge in [0, 0.05) is 17.2 Å². The molecule has 0 radical (unpaired) electrons. The maximum Gasteiger partial charge on any atom is 0.162 e. The van der Waals surface area contributed by atoms with E-state index in [1.54, 1.807) is 24.4 Å². The van der Waals surface area contributed by atoms with Crippen molar-refractivity contribution in [3.8, 4) is 11.4 Å². The fraction of sp³-hybridized carbons (Fsp3) is 0.0909. The molecular formula is C11H9BrFN3. The first-order valence-electron chi connectivity index (χ1n) is 4.68. The fourth-order valence-corrected chi connectivity index (χ4v) is 1.64. The van der Waals surface area contributed by atoms with Crippen molar-refractivity contribution in [1.82, 2.24) is 9.97 Å². The van der Waals surface area contributed by atoms with Crippen LogP contribution in [-0.4, -0.2) is 9.97 Å². The molecule has 0 aliphatic heterocycles. The lowest BCUT2D eigenvalue weighted by Gasteiger charge is -2.03. The number of hydrogen-bond donors (Lipinski definition) is 1. The number of nitrogens with two attached hydrogens (primary N) is 1. The summed E-state index contributed by atoms with van der Waals surface area (Å²) < 4.78 is 14.3. The minimum Gasteiger partial charge on any atom is -0.325 e. The van der Waals surface area contributed by atoms with Gasteiger partial charge in [-0.1, -0.05) is 15.9 Å². The summed E-state index contributed by atoms with van der Waals surface area (Å²) in [5.41, 5.74) is 6.53. The zero-order chi connectivity index (χ0) is 11.5. The molecule has 0 spiro atoms. The molecule has 16 heavy (non-hydrogen) atoms. The van der Waals surface area contributed by atoms with Crippen molar-refractivity contribution in [1.29, 1.82) is 0 Å². The topological polar surface area (TPSA) is 51.8 Å². The first-order chi connectivity index (χ1) is 7.70. The van der Waals surface area contributed by atoms with Crippen LogP contribution in [0.3, 0.4) is 0 Å². The lowest BCUT2D eigenvalue weighted by Crippen LogP contribution is -2.02. The smallest absolute Gasteiger partial charge is 0.162 e. The second-order valence-corrected chi connectivity index (χ2v) is 4.12. The predicted molar refractivity (Wildman–Crippen MR) is 63.0 cm³/mol. The molecule has 5 heteroatoms. The third-order valence-corrected chi connectivity index (χ3v) is 2.59. The summed E-state index contributed by atoms with van der Waals surface area (Å²) in [5, 5.41) is 0. The standard InChI is InChI=1S/C11H9BrFN3/c12-7-1-2-9(10(13)5-7)11-15-4-3-8(6-14)16-11/h1-5H,6,14H2. The largest absolute Gasteiger partial charge is 0.325 e. The van der Waals surface area contributed by atoms with E-state index in [1.807, 2.05) is 0 Å². The van der Waals surface area contributed by atoms with Gasteiger partial charge >= 0.3 is 0 Å². The number of nitrogens with zero attached hydrogens (tertiary/aromatic N) is 2. The number of rotatable bonds is 2. The predicted octanol–water partition coefficient (Wildman–Crippen LogP) is 2.50. The normalized spacial score (nSPS) is 10.4. The van der Waals surface area contributed by atoms with Gasteiger partial charge in [0.2, 0.25) is 0 Å². The van der Waals surface area contributed by atoms with Crippen LogP contribution in [0.25, 0.3) is 11.4 Å². The second kappa shape index (κ2) is 4.67. The van der Waals surface area contributed by atoms with E-state index >= 15 is 0 Å². The van der Waals surface area contributed by atoms with Crippen molar-refractivity contribution in [3.05, 3.63) is 46.4 Å². The Hall–Kier alpha value is -1.33. The van der Waals surface area contributed by atoms with Gasteiger partial charge < -0.3 is 5.73 Å². The van der Waals surface area contributed by atoms with E-state index in [1.165, 1.54) is 6.07 Å². The molecule has 0 fully saturated rings. The molecule has 2 aromatic rings. The van der Waals surface area contributed by atoms with Crippen LogP contribution in [0.2, 0.25) is 0 Å². The molecule has 3 nitrogen and oxygen atoms in total. The zero-order valence-electron chi connectivity index (χ0n) is 8.32. The van der Waals surface area contributed by atoms with Crippen LogP contribution in [0.4, 0.5) is 4.39 Å². The highest BCUT2D eigenvalue weighted by atomic mass is 79.9. The Kier molecular flexibility index (Phi) is 3.26. The van der Waals surface area contributed by atoms with Crippen LogP contribution in [0.5, 0.6) is 0 Å². The quantitative estimate of drug-likeness (QED) is 0.920. The Bertz CT molecular complexity index is 516. The van der Waals surface area contributed by atoms with Gasteiger partial charge in [-0.2, -0.15) is 0 Å². The van der Waals surface area contributed by atoms with Gasteiger partial charge in [0.1, 0.15) is 5.82 Å². The molecule has 0 saturated carbocycles. The maximum absolute atomic E-state index is 13.6. The monoisotopic (exact) mass is 281 g/mol. The lowest BCUT2D eigenvalue weighted by molar-refractivity contribution is 0.629. The molecule has 0 aliphatic rings. The van der Waals surface area contributed by atoms with E-state index in [9.17, 15) is 4.39 Å². The summed E-state index contributed by atoms with van der Waals surface area (Å²) in [6, 6.07) is 6.47. The highest BCUT2D eigenvalue weighted by Crippen LogP contribution is 2.22. The van der Waals surface area contributed by atoms with E-state index in [4.69, 9.17) is 5.73 Å². The number of hydrogen-bond acceptors (Lipinski definition) is 3. The van der Waals surface area contributed by atoms with Crippen LogP contribution in [-0.2, 0) is 6.54 Å². The second-order valence-electron chi connectivity index (χ2n) is 3.20. The van der Waals surface area contributed by atoms with Crippen LogP contribution in [0, 0.1) is 5.82 Å². The van der Waals surface area contributed by atoms with Crippen LogP contribution >= 0.6 is 15.9 Å². The third-order valence-electron chi connectivity index (χ3n) is 2.09. The number of benzene rings is 1. The Labute approximate surface area is 101 Å². The van der Waals surface area contributed by atoms with Gasteiger partial charge in [0.25, 0.3) is 0 Å². The lowest BCUT2D eigenvalue weighted by atomic mass is 10.2. The SMILES string of the molecule is NCc1ccnc(-c2ccc(Br)cc2F)n1. The van der Waals surface area contributed by atoms with Crippen molar-refractivity contribution >= 4 is 15.9 Å². The zero-order valence-corrected chi connectivity index (χ0v) is 9.91. The summed E-state index contributed by atoms with van der Waals surface area (Å²) in [4.78, 5) is 8.19. The van der Waals surface area contributed by atoms with E-state index in [-0.39, 0.29) is 5.82 Å². The molecule has 0 unspecified atom stereocenters. The van der Waals surface area contributed by atoms with Crippen LogP contribution < -0.4 is 5.73 Å². The van der Waals surface area contributed by atoms with Gasteiger partial charge in [0.15, 0.2) is 5.82 Å². The van der Waals surface area contributed by atoms with Gasteiger partial charge in [0.05, 0.1) is 11.3 Å². The Morgan fingerprint density at radius 1 is 1.31 bits per heavy atom. The Morgan fingerprint density at radius 2 is 2.12 bits per heavy atom. The average molecular weight is 282 g/mol. The first kappa shape index (κ1) is 11.2. The summed E-state index contributed by atoms with van der Waals surface area (Å²) in [7, 11) is 0. The van der Waals surface area contributed by atoms with Crippen LogP contribution in [0.15, 0.2) is 34.9 Å². The van der Waals surface area contributed by atoms with Crippen molar-refractivity contribution < 1.29 is 4.39 Å². The summed E-state index contributed by atoms with van der Waals surface area (Å²) in [6.07, 6.45) is 1.58. The summed E-state index contributed by atoms with van der Waals surface area (Å²) >= 11 is 3.20. The van der Waals surface area contributed by atoms with E-state index in [0.717, 1.165) is 0 Å². The molecule has 0 saturated heterocycles. The molecule has 1 aromatic carbocycles. The van der Waals surface area contributed by atoms with E-state index in [0.29, 0.717) is 28.1 Å². The molecule has 2 N–H and O–H groups in total. The molecule has 1 heterocycles. The van der Waals surface area contributed by atoms with Crippen molar-refractivity contribution in [2.24, 2.45) is 5.73 Å². The van der Waals surface area contributed by atoms with E-state index < -0.39 is 0 Å². The summed E-state index contributed by atoms with van der Waals surface area (Å²) in [6.45, 7) is 0.313. The molecular weight excluding hydrogens is 273 g/mol. The van der Waals surface area contributed by atoms with Gasteiger partial charge in [-0.3, -0.25) is 0 Å². The molecule has 0 bridgehead atoms. The average Bonchev–Trinajstić information content (AvgIpc) is 2.29. The number of halogens is 2. The third kappa shape index (κ3) is 2.25. The van der Waals surface area contributed by atoms with Gasteiger partial charge in [-0.05, 0) is 24.3 Å². The maximum atomic E-state index is 13.6.